The van der Waals surface area contributed by atoms with Crippen LogP contribution >= 0.6 is 6.89 Å². The Bertz CT molecular complexity index is 1130. The number of carbonyl (C=O) groups excluding carboxylic acids is 1. The molecule has 4 aromatic rings. The molecule has 0 aliphatic carbocycles. The molecule has 2 nitrogen and oxygen atoms in total. The van der Waals surface area contributed by atoms with E-state index in [0.29, 0.717) is 0 Å². The van der Waals surface area contributed by atoms with Gasteiger partial charge in [0.25, 0.3) is 0 Å². The number of Topliss-reactive ketones (excluding diaryl/α,β-unsaturated/α-hetero) is 1. The lowest BCUT2D eigenvalue weighted by Crippen LogP contribution is -2.28. The first kappa shape index (κ1) is 22.8. The number of anilines is 1. The van der Waals surface area contributed by atoms with Crippen molar-refractivity contribution in [3.63, 3.8) is 0 Å². The molecule has 0 heterocycles. The van der Waals surface area contributed by atoms with Gasteiger partial charge in [-0.1, -0.05) is 91.0 Å². The van der Waals surface area contributed by atoms with E-state index in [1.165, 1.54) is 15.9 Å². The summed E-state index contributed by atoms with van der Waals surface area (Å²) >= 11 is 0. The van der Waals surface area contributed by atoms with Gasteiger partial charge < -0.3 is 4.90 Å². The van der Waals surface area contributed by atoms with Crippen molar-refractivity contribution >= 4 is 40.1 Å². The fraction of sp³-hybridized carbons (Fsp3) is 0.133. The second-order valence-electron chi connectivity index (χ2n) is 7.94. The molecule has 0 bridgehead atoms. The Balaban J connectivity index is 1.92. The summed E-state index contributed by atoms with van der Waals surface area (Å²) in [6, 6.07) is 39.4. The number of ketones is 1. The highest BCUT2D eigenvalue weighted by atomic mass is 31.2. The number of carbonyl (C=O) groups is 1. The van der Waals surface area contributed by atoms with Crippen LogP contribution in [0, 0.1) is 0 Å². The molecular formula is C30H30NOP. The van der Waals surface area contributed by atoms with Gasteiger partial charge in [-0.2, -0.15) is 0 Å². The molecule has 0 aliphatic rings. The van der Waals surface area contributed by atoms with Crippen LogP contribution in [0.3, 0.4) is 0 Å². The third-order valence-corrected chi connectivity index (χ3v) is 10.0. The molecule has 0 atom stereocenters. The second-order valence-corrected chi connectivity index (χ2v) is 11.2. The van der Waals surface area contributed by atoms with E-state index in [1.807, 2.05) is 36.1 Å². The molecule has 33 heavy (non-hydrogen) atoms. The lowest BCUT2D eigenvalue weighted by molar-refractivity contribution is 0.107. The van der Waals surface area contributed by atoms with E-state index in [0.717, 1.165) is 24.3 Å². The molecule has 0 saturated carbocycles. The summed E-state index contributed by atoms with van der Waals surface area (Å²) in [6.45, 7) is 3.88. The molecule has 0 N–H and O–H groups in total. The van der Waals surface area contributed by atoms with E-state index < -0.39 is 6.89 Å². The minimum atomic E-state index is -2.30. The smallest absolute Gasteiger partial charge is 0.186 e. The average Bonchev–Trinajstić information content (AvgIpc) is 2.90. The quantitative estimate of drug-likeness (QED) is 0.260. The van der Waals surface area contributed by atoms with Crippen molar-refractivity contribution in [1.82, 2.24) is 0 Å². The van der Waals surface area contributed by atoms with Crippen LogP contribution in [0.25, 0.3) is 0 Å². The molecule has 0 unspecified atom stereocenters. The SMILES string of the molecule is CCN(CC)c1ccc(C(=O)C=P(c2ccccc2)(c2ccccc2)c2ccccc2)cc1. The van der Waals surface area contributed by atoms with Gasteiger partial charge in [0, 0.05) is 24.3 Å². The van der Waals surface area contributed by atoms with Gasteiger partial charge in [0.05, 0.1) is 0 Å². The van der Waals surface area contributed by atoms with E-state index in [1.54, 1.807) is 0 Å². The third-order valence-electron chi connectivity index (χ3n) is 6.08. The van der Waals surface area contributed by atoms with Gasteiger partial charge in [0.1, 0.15) is 0 Å². The van der Waals surface area contributed by atoms with Gasteiger partial charge in [-0.25, -0.2) is 0 Å². The standard InChI is InChI=1S/C30H30NOP/c1-3-31(4-2)26-22-20-25(21-23-26)30(32)24-33(27-14-8-5-9-15-27,28-16-10-6-11-17-28)29-18-12-7-13-19-29/h5-24H,3-4H2,1-2H3. The Morgan fingerprint density at radius 1 is 0.636 bits per heavy atom. The fourth-order valence-electron chi connectivity index (χ4n) is 4.34. The topological polar surface area (TPSA) is 20.3 Å². The highest BCUT2D eigenvalue weighted by Gasteiger charge is 2.26. The molecule has 166 valence electrons. The zero-order valence-electron chi connectivity index (χ0n) is 19.3. The van der Waals surface area contributed by atoms with E-state index >= 15 is 0 Å². The van der Waals surface area contributed by atoms with E-state index in [-0.39, 0.29) is 5.78 Å². The number of hydrogen-bond acceptors (Lipinski definition) is 2. The number of benzene rings is 4. The van der Waals surface area contributed by atoms with Crippen LogP contribution in [0.1, 0.15) is 24.2 Å². The minimum Gasteiger partial charge on any atom is -0.372 e. The molecule has 0 saturated heterocycles. The predicted molar refractivity (Wildman–Crippen MR) is 146 cm³/mol. The summed E-state index contributed by atoms with van der Waals surface area (Å²) in [6.07, 6.45) is 0. The predicted octanol–water partition coefficient (Wildman–Crippen LogP) is 5.51. The highest BCUT2D eigenvalue weighted by Crippen LogP contribution is 2.43. The molecule has 4 rings (SSSR count). The maximum absolute atomic E-state index is 13.8. The molecule has 0 fully saturated rings. The highest BCUT2D eigenvalue weighted by molar-refractivity contribution is 7.95. The Morgan fingerprint density at radius 2 is 1.03 bits per heavy atom. The zero-order valence-corrected chi connectivity index (χ0v) is 20.2. The Hall–Kier alpha value is -3.35. The molecular weight excluding hydrogens is 421 g/mol. The number of nitrogens with zero attached hydrogens (tertiary/aromatic N) is 1. The van der Waals surface area contributed by atoms with Gasteiger partial charge >= 0.3 is 0 Å². The Kier molecular flexibility index (Phi) is 7.27. The number of rotatable bonds is 8. The van der Waals surface area contributed by atoms with Crippen molar-refractivity contribution in [2.45, 2.75) is 13.8 Å². The summed E-state index contributed by atoms with van der Waals surface area (Å²) in [5.41, 5.74) is 1.87. The Labute approximate surface area is 197 Å². The lowest BCUT2D eigenvalue weighted by atomic mass is 10.1. The zero-order chi connectivity index (χ0) is 23.1. The number of hydrogen-bond donors (Lipinski definition) is 0. The van der Waals surface area contributed by atoms with Crippen LogP contribution in [0.2, 0.25) is 0 Å². The van der Waals surface area contributed by atoms with Crippen LogP contribution in [0.5, 0.6) is 0 Å². The van der Waals surface area contributed by atoms with Gasteiger partial charge in [-0.3, -0.25) is 4.79 Å². The summed E-state index contributed by atoms with van der Waals surface area (Å²) in [5, 5.41) is 3.53. The summed E-state index contributed by atoms with van der Waals surface area (Å²) < 4.78 is 0. The van der Waals surface area contributed by atoms with Gasteiger partial charge in [-0.05, 0) is 66.7 Å². The molecule has 0 amide bonds. The van der Waals surface area contributed by atoms with Gasteiger partial charge in [0.2, 0.25) is 0 Å². The monoisotopic (exact) mass is 451 g/mol. The van der Waals surface area contributed by atoms with Crippen molar-refractivity contribution in [1.29, 1.82) is 0 Å². The first-order valence-corrected chi connectivity index (χ1v) is 13.4. The largest absolute Gasteiger partial charge is 0.372 e. The maximum Gasteiger partial charge on any atom is 0.186 e. The van der Waals surface area contributed by atoms with E-state index in [9.17, 15) is 4.79 Å². The van der Waals surface area contributed by atoms with Crippen LogP contribution in [-0.2, 0) is 0 Å². The van der Waals surface area contributed by atoms with E-state index in [2.05, 4.69) is 104 Å². The average molecular weight is 452 g/mol. The molecule has 0 aromatic heterocycles. The minimum absolute atomic E-state index is 0.0611. The molecule has 0 radical (unpaired) electrons. The van der Waals surface area contributed by atoms with Crippen molar-refractivity contribution in [3.8, 4) is 0 Å². The van der Waals surface area contributed by atoms with Crippen LogP contribution in [-0.4, -0.2) is 24.7 Å². The van der Waals surface area contributed by atoms with Crippen molar-refractivity contribution in [2.24, 2.45) is 0 Å². The van der Waals surface area contributed by atoms with Crippen molar-refractivity contribution < 1.29 is 4.79 Å². The summed E-state index contributed by atoms with van der Waals surface area (Å²) in [4.78, 5) is 16.0. The maximum atomic E-state index is 13.8. The molecule has 0 spiro atoms. The van der Waals surface area contributed by atoms with Crippen LogP contribution in [0.4, 0.5) is 5.69 Å². The van der Waals surface area contributed by atoms with E-state index in [4.69, 9.17) is 0 Å². The molecule has 3 heteroatoms. The molecule has 4 aromatic carbocycles. The summed E-state index contributed by atoms with van der Waals surface area (Å²) in [7, 11) is 0. The molecule has 0 aliphatic heterocycles. The summed E-state index contributed by atoms with van der Waals surface area (Å²) in [5.74, 6) is 2.06. The first-order valence-electron chi connectivity index (χ1n) is 11.5. The first-order chi connectivity index (χ1) is 16.2. The van der Waals surface area contributed by atoms with Gasteiger partial charge in [0.15, 0.2) is 5.78 Å². The fourth-order valence-corrected chi connectivity index (χ4v) is 8.11. The van der Waals surface area contributed by atoms with Crippen molar-refractivity contribution in [2.75, 3.05) is 18.0 Å². The lowest BCUT2D eigenvalue weighted by Gasteiger charge is -2.28. The normalized spacial score (nSPS) is 11.1. The third kappa shape index (κ3) is 4.72. The van der Waals surface area contributed by atoms with Crippen LogP contribution < -0.4 is 20.8 Å². The van der Waals surface area contributed by atoms with Crippen LogP contribution in [0.15, 0.2) is 115 Å². The second kappa shape index (κ2) is 10.5. The van der Waals surface area contributed by atoms with Gasteiger partial charge in [-0.15, -0.1) is 0 Å². The Morgan fingerprint density at radius 3 is 1.39 bits per heavy atom. The van der Waals surface area contributed by atoms with Crippen molar-refractivity contribution in [3.05, 3.63) is 121 Å².